The van der Waals surface area contributed by atoms with E-state index < -0.39 is 10.0 Å². The van der Waals surface area contributed by atoms with Gasteiger partial charge in [0.2, 0.25) is 10.0 Å². The SMILES string of the molecule is CS(=O)(=O)NCCSc1nonc1C(=NC1CCc2ccc(F)cc21)NO. The molecule has 1 atom stereocenters. The Balaban J connectivity index is 1.75. The zero-order valence-electron chi connectivity index (χ0n) is 14.3. The molecule has 146 valence electrons. The summed E-state index contributed by atoms with van der Waals surface area (Å²) in [5, 5.41) is 17.4. The zero-order chi connectivity index (χ0) is 19.4. The Bertz CT molecular complexity index is 947. The van der Waals surface area contributed by atoms with Crippen molar-refractivity contribution in [1.82, 2.24) is 20.5 Å². The van der Waals surface area contributed by atoms with Crippen molar-refractivity contribution >= 4 is 27.6 Å². The van der Waals surface area contributed by atoms with Crippen LogP contribution in [0.1, 0.15) is 29.3 Å². The summed E-state index contributed by atoms with van der Waals surface area (Å²) in [7, 11) is -3.27. The van der Waals surface area contributed by atoms with Gasteiger partial charge < -0.3 is 0 Å². The van der Waals surface area contributed by atoms with Crippen molar-refractivity contribution in [2.45, 2.75) is 23.9 Å². The number of benzene rings is 1. The number of amidine groups is 1. The summed E-state index contributed by atoms with van der Waals surface area (Å²) >= 11 is 1.20. The standard InChI is InChI=1S/C15H18FN5O4S2/c1-27(23,24)17-6-7-26-15-13(20-25-21-15)14(19-22)18-12-5-3-9-2-4-10(16)8-11(9)12/h2,4,8,12,17,22H,3,5-7H2,1H3,(H,18,19). The zero-order valence-corrected chi connectivity index (χ0v) is 16.0. The third-order valence-corrected chi connectivity index (χ3v) is 5.61. The number of aromatic nitrogens is 2. The second kappa shape index (κ2) is 8.33. The van der Waals surface area contributed by atoms with Crippen LogP contribution in [0.2, 0.25) is 0 Å². The lowest BCUT2D eigenvalue weighted by molar-refractivity contribution is 0.233. The van der Waals surface area contributed by atoms with Crippen molar-refractivity contribution in [2.75, 3.05) is 18.6 Å². The first-order valence-electron chi connectivity index (χ1n) is 8.04. The first kappa shape index (κ1) is 19.7. The molecule has 12 heteroatoms. The number of aliphatic imine (C=N–C) groups is 1. The van der Waals surface area contributed by atoms with Crippen molar-refractivity contribution in [3.8, 4) is 0 Å². The molecule has 1 aliphatic rings. The van der Waals surface area contributed by atoms with Crippen molar-refractivity contribution in [3.05, 3.63) is 40.8 Å². The fourth-order valence-electron chi connectivity index (χ4n) is 2.78. The maximum Gasteiger partial charge on any atom is 0.208 e. The molecule has 2 aromatic rings. The van der Waals surface area contributed by atoms with Gasteiger partial charge in [-0.2, -0.15) is 0 Å². The highest BCUT2D eigenvalue weighted by Gasteiger charge is 2.25. The van der Waals surface area contributed by atoms with Gasteiger partial charge in [0.15, 0.2) is 16.6 Å². The average Bonchev–Trinajstić information content (AvgIpc) is 3.22. The van der Waals surface area contributed by atoms with E-state index >= 15 is 0 Å². The molecule has 0 saturated carbocycles. The predicted octanol–water partition coefficient (Wildman–Crippen LogP) is 1.26. The first-order chi connectivity index (χ1) is 12.9. The van der Waals surface area contributed by atoms with Gasteiger partial charge in [-0.25, -0.2) is 22.2 Å². The van der Waals surface area contributed by atoms with E-state index in [1.165, 1.54) is 23.9 Å². The number of fused-ring (bicyclic) bond motifs is 1. The monoisotopic (exact) mass is 415 g/mol. The Hall–Kier alpha value is -2.02. The summed E-state index contributed by atoms with van der Waals surface area (Å²) in [4.78, 5) is 4.45. The number of nitrogens with one attached hydrogen (secondary N) is 2. The number of aryl methyl sites for hydroxylation is 1. The van der Waals surface area contributed by atoms with Crippen molar-refractivity contribution in [1.29, 1.82) is 0 Å². The smallest absolute Gasteiger partial charge is 0.208 e. The number of sulfonamides is 1. The highest BCUT2D eigenvalue weighted by Crippen LogP contribution is 2.35. The molecule has 0 aliphatic heterocycles. The number of hydrogen-bond acceptors (Lipinski definition) is 8. The molecule has 1 unspecified atom stereocenters. The average molecular weight is 415 g/mol. The maximum absolute atomic E-state index is 13.5. The Kier molecular flexibility index (Phi) is 6.09. The van der Waals surface area contributed by atoms with Gasteiger partial charge in [0.25, 0.3) is 0 Å². The summed E-state index contributed by atoms with van der Waals surface area (Å²) in [5.74, 6) is 0.0915. The number of nitrogens with zero attached hydrogens (tertiary/aromatic N) is 3. The van der Waals surface area contributed by atoms with Crippen LogP contribution in [-0.4, -0.2) is 48.3 Å². The van der Waals surface area contributed by atoms with Gasteiger partial charge >= 0.3 is 0 Å². The molecular formula is C15H18FN5O4S2. The van der Waals surface area contributed by atoms with Gasteiger partial charge in [-0.3, -0.25) is 15.7 Å². The molecule has 0 spiro atoms. The van der Waals surface area contributed by atoms with Crippen molar-refractivity contribution in [2.24, 2.45) is 4.99 Å². The highest BCUT2D eigenvalue weighted by atomic mass is 32.2. The van der Waals surface area contributed by atoms with Gasteiger partial charge in [-0.05, 0) is 46.4 Å². The van der Waals surface area contributed by atoms with E-state index in [-0.39, 0.29) is 29.9 Å². The summed E-state index contributed by atoms with van der Waals surface area (Å²) in [6, 6.07) is 4.27. The molecular weight excluding hydrogens is 397 g/mol. The molecule has 3 rings (SSSR count). The third-order valence-electron chi connectivity index (χ3n) is 3.93. The molecule has 1 aromatic carbocycles. The van der Waals surface area contributed by atoms with E-state index in [4.69, 9.17) is 4.63 Å². The molecule has 3 N–H and O–H groups in total. The van der Waals surface area contributed by atoms with E-state index in [1.54, 1.807) is 6.07 Å². The van der Waals surface area contributed by atoms with Crippen LogP contribution in [0.4, 0.5) is 4.39 Å². The molecule has 1 aliphatic carbocycles. The second-order valence-electron chi connectivity index (χ2n) is 5.92. The van der Waals surface area contributed by atoms with Crippen LogP contribution in [0, 0.1) is 5.82 Å². The summed E-state index contributed by atoms with van der Waals surface area (Å²) in [5.41, 5.74) is 3.99. The minimum Gasteiger partial charge on any atom is -0.290 e. The highest BCUT2D eigenvalue weighted by molar-refractivity contribution is 7.99. The van der Waals surface area contributed by atoms with Crippen LogP contribution in [0.15, 0.2) is 32.8 Å². The lowest BCUT2D eigenvalue weighted by atomic mass is 10.1. The fraction of sp³-hybridized carbons (Fsp3) is 0.400. The second-order valence-corrected chi connectivity index (χ2v) is 8.84. The molecule has 1 heterocycles. The van der Waals surface area contributed by atoms with Gasteiger partial charge in [0.1, 0.15) is 5.82 Å². The van der Waals surface area contributed by atoms with Gasteiger partial charge in [-0.15, -0.1) is 0 Å². The van der Waals surface area contributed by atoms with E-state index in [0.29, 0.717) is 17.2 Å². The van der Waals surface area contributed by atoms with E-state index in [1.807, 2.05) is 5.48 Å². The molecule has 27 heavy (non-hydrogen) atoms. The van der Waals surface area contributed by atoms with E-state index in [9.17, 15) is 18.0 Å². The van der Waals surface area contributed by atoms with Crippen LogP contribution in [-0.2, 0) is 16.4 Å². The van der Waals surface area contributed by atoms with Crippen molar-refractivity contribution in [3.63, 3.8) is 0 Å². The molecule has 0 saturated heterocycles. The quantitative estimate of drug-likeness (QED) is 0.203. The van der Waals surface area contributed by atoms with Gasteiger partial charge in [-0.1, -0.05) is 17.8 Å². The summed E-state index contributed by atoms with van der Waals surface area (Å²) < 4.78 is 42.8. The van der Waals surface area contributed by atoms with E-state index in [0.717, 1.165) is 23.8 Å². The van der Waals surface area contributed by atoms with Crippen LogP contribution in [0.25, 0.3) is 0 Å². The lowest BCUT2D eigenvalue weighted by Crippen LogP contribution is -2.25. The number of thioether (sulfide) groups is 1. The van der Waals surface area contributed by atoms with Crippen LogP contribution in [0.3, 0.4) is 0 Å². The van der Waals surface area contributed by atoms with E-state index in [2.05, 4.69) is 20.0 Å². The number of hydroxylamine groups is 1. The summed E-state index contributed by atoms with van der Waals surface area (Å²) in [6.45, 7) is 0.199. The third kappa shape index (κ3) is 5.03. The molecule has 1 aromatic heterocycles. The number of rotatable bonds is 7. The van der Waals surface area contributed by atoms with Crippen LogP contribution in [0.5, 0.6) is 0 Å². The molecule has 0 fully saturated rings. The normalized spacial score (nSPS) is 17.1. The topological polar surface area (TPSA) is 130 Å². The van der Waals surface area contributed by atoms with Crippen LogP contribution >= 0.6 is 11.8 Å². The number of hydrogen-bond donors (Lipinski definition) is 3. The summed E-state index contributed by atoms with van der Waals surface area (Å²) in [6.07, 6.45) is 2.51. The Morgan fingerprint density at radius 1 is 1.48 bits per heavy atom. The molecule has 0 bridgehead atoms. The van der Waals surface area contributed by atoms with Crippen molar-refractivity contribution < 1.29 is 22.6 Å². The van der Waals surface area contributed by atoms with Gasteiger partial charge in [0.05, 0.1) is 12.3 Å². The first-order valence-corrected chi connectivity index (χ1v) is 10.9. The Morgan fingerprint density at radius 2 is 2.30 bits per heavy atom. The Morgan fingerprint density at radius 3 is 3.04 bits per heavy atom. The Labute approximate surface area is 159 Å². The minimum atomic E-state index is -3.27. The lowest BCUT2D eigenvalue weighted by Gasteiger charge is -2.09. The largest absolute Gasteiger partial charge is 0.290 e. The molecule has 9 nitrogen and oxygen atoms in total. The van der Waals surface area contributed by atoms with Gasteiger partial charge in [0, 0.05) is 12.3 Å². The number of halogens is 1. The maximum atomic E-state index is 13.5. The molecule has 0 radical (unpaired) electrons. The fourth-order valence-corrected chi connectivity index (χ4v) is 4.14. The molecule has 0 amide bonds. The predicted molar refractivity (Wildman–Crippen MR) is 96.8 cm³/mol. The van der Waals surface area contributed by atoms with Crippen LogP contribution < -0.4 is 10.2 Å². The minimum absolute atomic E-state index is 0.0527.